The third kappa shape index (κ3) is 2.81. The summed E-state index contributed by atoms with van der Waals surface area (Å²) in [5, 5.41) is 0. The Morgan fingerprint density at radius 2 is 1.70 bits per heavy atom. The van der Waals surface area contributed by atoms with Crippen LogP contribution in [0.25, 0.3) is 11.0 Å². The van der Waals surface area contributed by atoms with Gasteiger partial charge in [0.05, 0.1) is 11.0 Å². The maximum absolute atomic E-state index is 5.84. The molecular weight excluding hydrogens is 248 g/mol. The third-order valence-electron chi connectivity index (χ3n) is 4.40. The van der Waals surface area contributed by atoms with Gasteiger partial charge in [-0.2, -0.15) is 0 Å². The molecule has 1 fully saturated rings. The standard InChI is InChI=1S/C16H22N4/c17-20-16(12-5-3-1-2-4-6-12)13-7-8-14-15(11-13)19-10-9-18-14/h7-12,16,20H,1-6,17H2. The second-order valence-corrected chi connectivity index (χ2v) is 5.70. The zero-order valence-electron chi connectivity index (χ0n) is 11.8. The van der Waals surface area contributed by atoms with Gasteiger partial charge in [0.2, 0.25) is 0 Å². The maximum Gasteiger partial charge on any atom is 0.0890 e. The monoisotopic (exact) mass is 270 g/mol. The number of nitrogens with two attached hydrogens (primary N) is 1. The van der Waals surface area contributed by atoms with E-state index in [1.807, 2.05) is 6.07 Å². The van der Waals surface area contributed by atoms with Crippen molar-refractivity contribution in [1.82, 2.24) is 15.4 Å². The van der Waals surface area contributed by atoms with E-state index in [-0.39, 0.29) is 6.04 Å². The van der Waals surface area contributed by atoms with E-state index in [1.54, 1.807) is 12.4 Å². The van der Waals surface area contributed by atoms with Crippen LogP contribution in [0.2, 0.25) is 0 Å². The second kappa shape index (κ2) is 6.29. The summed E-state index contributed by atoms with van der Waals surface area (Å²) in [7, 11) is 0. The van der Waals surface area contributed by atoms with E-state index in [4.69, 9.17) is 5.84 Å². The molecular formula is C16H22N4. The molecule has 0 radical (unpaired) electrons. The molecule has 1 saturated carbocycles. The van der Waals surface area contributed by atoms with Crippen LogP contribution in [0.4, 0.5) is 0 Å². The molecule has 4 heteroatoms. The normalized spacial score (nSPS) is 18.9. The molecule has 2 aromatic rings. The number of nitrogens with one attached hydrogen (secondary N) is 1. The van der Waals surface area contributed by atoms with Crippen molar-refractivity contribution < 1.29 is 0 Å². The van der Waals surface area contributed by atoms with Gasteiger partial charge in [-0.25, -0.2) is 0 Å². The van der Waals surface area contributed by atoms with Gasteiger partial charge in [-0.15, -0.1) is 0 Å². The number of hydrogen-bond acceptors (Lipinski definition) is 4. The van der Waals surface area contributed by atoms with Gasteiger partial charge in [-0.3, -0.25) is 21.2 Å². The van der Waals surface area contributed by atoms with E-state index in [0.717, 1.165) is 11.0 Å². The molecule has 106 valence electrons. The smallest absolute Gasteiger partial charge is 0.0890 e. The van der Waals surface area contributed by atoms with E-state index in [9.17, 15) is 0 Å². The lowest BCUT2D eigenvalue weighted by Gasteiger charge is -2.26. The Morgan fingerprint density at radius 3 is 2.40 bits per heavy atom. The molecule has 1 atom stereocenters. The fourth-order valence-corrected chi connectivity index (χ4v) is 3.32. The number of aromatic nitrogens is 2. The lowest BCUT2D eigenvalue weighted by Crippen LogP contribution is -2.33. The first-order valence-electron chi connectivity index (χ1n) is 7.55. The van der Waals surface area contributed by atoms with Gasteiger partial charge in [0.15, 0.2) is 0 Å². The second-order valence-electron chi connectivity index (χ2n) is 5.70. The predicted molar refractivity (Wildman–Crippen MR) is 80.8 cm³/mol. The molecule has 1 aromatic heterocycles. The van der Waals surface area contributed by atoms with Crippen LogP contribution in [0.15, 0.2) is 30.6 Å². The number of hydrazine groups is 1. The molecule has 4 nitrogen and oxygen atoms in total. The van der Waals surface area contributed by atoms with E-state index in [2.05, 4.69) is 27.5 Å². The lowest BCUT2D eigenvalue weighted by atomic mass is 9.87. The molecule has 0 spiro atoms. The summed E-state index contributed by atoms with van der Waals surface area (Å²) in [6.07, 6.45) is 11.3. The van der Waals surface area contributed by atoms with Gasteiger partial charge in [0.1, 0.15) is 0 Å². The van der Waals surface area contributed by atoms with Crippen molar-refractivity contribution in [2.45, 2.75) is 44.6 Å². The number of rotatable bonds is 3. The molecule has 0 amide bonds. The van der Waals surface area contributed by atoms with Crippen LogP contribution in [-0.2, 0) is 0 Å². The first kappa shape index (κ1) is 13.5. The number of benzene rings is 1. The van der Waals surface area contributed by atoms with Crippen LogP contribution in [-0.4, -0.2) is 9.97 Å². The predicted octanol–water partition coefficient (Wildman–Crippen LogP) is 3.10. The highest BCUT2D eigenvalue weighted by Gasteiger charge is 2.23. The molecule has 0 saturated heterocycles. The van der Waals surface area contributed by atoms with Crippen molar-refractivity contribution in [3.8, 4) is 0 Å². The number of fused-ring (bicyclic) bond motifs is 1. The SMILES string of the molecule is NNC(c1ccc2nccnc2c1)C1CCCCCC1. The molecule has 3 rings (SSSR count). The van der Waals surface area contributed by atoms with Crippen LogP contribution >= 0.6 is 0 Å². The number of hydrogen-bond donors (Lipinski definition) is 2. The van der Waals surface area contributed by atoms with Crippen LogP contribution in [0.5, 0.6) is 0 Å². The van der Waals surface area contributed by atoms with Crippen molar-refractivity contribution in [3.05, 3.63) is 36.2 Å². The van der Waals surface area contributed by atoms with Crippen LogP contribution in [0.1, 0.15) is 50.1 Å². The summed E-state index contributed by atoms with van der Waals surface area (Å²) in [5.74, 6) is 6.47. The first-order chi connectivity index (χ1) is 9.88. The van der Waals surface area contributed by atoms with Crippen LogP contribution in [0, 0.1) is 5.92 Å². The highest BCUT2D eigenvalue weighted by atomic mass is 15.2. The van der Waals surface area contributed by atoms with Crippen LogP contribution < -0.4 is 11.3 Å². The molecule has 0 bridgehead atoms. The molecule has 1 heterocycles. The molecule has 0 aliphatic heterocycles. The summed E-state index contributed by atoms with van der Waals surface area (Å²) in [6.45, 7) is 0. The summed E-state index contributed by atoms with van der Waals surface area (Å²) in [5.41, 5.74) is 6.14. The Morgan fingerprint density at radius 1 is 1.00 bits per heavy atom. The Balaban J connectivity index is 1.89. The minimum atomic E-state index is 0.222. The first-order valence-corrected chi connectivity index (χ1v) is 7.55. The Labute approximate surface area is 119 Å². The minimum Gasteiger partial charge on any atom is -0.271 e. The van der Waals surface area contributed by atoms with Gasteiger partial charge in [0.25, 0.3) is 0 Å². The van der Waals surface area contributed by atoms with Gasteiger partial charge < -0.3 is 0 Å². The Kier molecular flexibility index (Phi) is 4.23. The van der Waals surface area contributed by atoms with E-state index in [1.165, 1.54) is 44.1 Å². The zero-order valence-corrected chi connectivity index (χ0v) is 11.8. The van der Waals surface area contributed by atoms with Gasteiger partial charge >= 0.3 is 0 Å². The van der Waals surface area contributed by atoms with Crippen molar-refractivity contribution in [2.75, 3.05) is 0 Å². The topological polar surface area (TPSA) is 63.8 Å². The summed E-state index contributed by atoms with van der Waals surface area (Å²) in [4.78, 5) is 8.71. The molecule has 1 aliphatic rings. The minimum absolute atomic E-state index is 0.222. The molecule has 1 aliphatic carbocycles. The Hall–Kier alpha value is -1.52. The molecule has 1 aromatic carbocycles. The molecule has 20 heavy (non-hydrogen) atoms. The van der Waals surface area contributed by atoms with Crippen molar-refractivity contribution in [3.63, 3.8) is 0 Å². The summed E-state index contributed by atoms with van der Waals surface area (Å²) < 4.78 is 0. The fourth-order valence-electron chi connectivity index (χ4n) is 3.32. The van der Waals surface area contributed by atoms with Gasteiger partial charge in [-0.05, 0) is 36.5 Å². The van der Waals surface area contributed by atoms with E-state index in [0.29, 0.717) is 5.92 Å². The average Bonchev–Trinajstić information content (AvgIpc) is 2.77. The average molecular weight is 270 g/mol. The van der Waals surface area contributed by atoms with E-state index < -0.39 is 0 Å². The highest BCUT2D eigenvalue weighted by Crippen LogP contribution is 2.33. The summed E-state index contributed by atoms with van der Waals surface area (Å²) in [6, 6.07) is 6.52. The lowest BCUT2D eigenvalue weighted by molar-refractivity contribution is 0.329. The van der Waals surface area contributed by atoms with E-state index >= 15 is 0 Å². The number of nitrogens with zero attached hydrogens (tertiary/aromatic N) is 2. The summed E-state index contributed by atoms with van der Waals surface area (Å²) >= 11 is 0. The van der Waals surface area contributed by atoms with Crippen LogP contribution in [0.3, 0.4) is 0 Å². The molecule has 1 unspecified atom stereocenters. The van der Waals surface area contributed by atoms with Gasteiger partial charge in [-0.1, -0.05) is 31.7 Å². The van der Waals surface area contributed by atoms with Crippen molar-refractivity contribution in [1.29, 1.82) is 0 Å². The highest BCUT2D eigenvalue weighted by molar-refractivity contribution is 5.74. The van der Waals surface area contributed by atoms with Crippen molar-refractivity contribution in [2.24, 2.45) is 11.8 Å². The largest absolute Gasteiger partial charge is 0.271 e. The Bertz CT molecular complexity index is 561. The molecule has 3 N–H and O–H groups in total. The third-order valence-corrected chi connectivity index (χ3v) is 4.40. The maximum atomic E-state index is 5.84. The zero-order chi connectivity index (χ0) is 13.8. The quantitative estimate of drug-likeness (QED) is 0.511. The van der Waals surface area contributed by atoms with Crippen molar-refractivity contribution >= 4 is 11.0 Å². The fraction of sp³-hybridized carbons (Fsp3) is 0.500. The van der Waals surface area contributed by atoms with Gasteiger partial charge in [0, 0.05) is 18.4 Å².